The average Bonchev–Trinajstić information content (AvgIpc) is 2.75. The van der Waals surface area contributed by atoms with Crippen LogP contribution in [-0.2, 0) is 4.84 Å². The number of aryl methyl sites for hydroxylation is 1. The number of benzene rings is 1. The van der Waals surface area contributed by atoms with E-state index < -0.39 is 5.97 Å². The number of rotatable bonds is 2. The summed E-state index contributed by atoms with van der Waals surface area (Å²) < 4.78 is 1.68. The fourth-order valence-corrected chi connectivity index (χ4v) is 1.40. The number of carbonyl (C=O) groups is 1. The first kappa shape index (κ1) is 10.4. The van der Waals surface area contributed by atoms with Crippen LogP contribution in [0.5, 0.6) is 0 Å². The molecule has 5 nitrogen and oxygen atoms in total. The monoisotopic (exact) mass is 217 g/mol. The second kappa shape index (κ2) is 4.16. The Hall–Kier alpha value is -2.14. The van der Waals surface area contributed by atoms with Gasteiger partial charge in [-0.25, -0.2) is 9.48 Å². The number of nitrogens with two attached hydrogens (primary N) is 1. The first-order valence-electron chi connectivity index (χ1n) is 4.73. The molecule has 0 bridgehead atoms. The minimum absolute atomic E-state index is 0.396. The van der Waals surface area contributed by atoms with Crippen molar-refractivity contribution in [3.05, 3.63) is 47.8 Å². The smallest absolute Gasteiger partial charge is 0.356 e. The van der Waals surface area contributed by atoms with Gasteiger partial charge in [0.1, 0.15) is 0 Å². The Balaban J connectivity index is 2.39. The molecule has 1 aromatic heterocycles. The number of hydrogen-bond donors (Lipinski definition) is 1. The van der Waals surface area contributed by atoms with Crippen LogP contribution in [-0.4, -0.2) is 15.7 Å². The van der Waals surface area contributed by atoms with Crippen LogP contribution in [0.25, 0.3) is 5.69 Å². The van der Waals surface area contributed by atoms with Gasteiger partial charge in [-0.05, 0) is 30.7 Å². The maximum absolute atomic E-state index is 11.2. The van der Waals surface area contributed by atoms with Crippen LogP contribution in [0.3, 0.4) is 0 Å². The highest BCUT2D eigenvalue weighted by Gasteiger charge is 2.07. The highest BCUT2D eigenvalue weighted by molar-refractivity contribution is 5.89. The number of aromatic nitrogens is 2. The summed E-state index contributed by atoms with van der Waals surface area (Å²) in [6.07, 6.45) is 3.61. The molecule has 0 unspecified atom stereocenters. The van der Waals surface area contributed by atoms with E-state index in [0.29, 0.717) is 5.56 Å². The summed E-state index contributed by atoms with van der Waals surface area (Å²) in [6.45, 7) is 1.95. The molecule has 0 atom stereocenters. The van der Waals surface area contributed by atoms with Crippen LogP contribution in [0.2, 0.25) is 0 Å². The van der Waals surface area contributed by atoms with Gasteiger partial charge in [0.25, 0.3) is 0 Å². The van der Waals surface area contributed by atoms with Crippen LogP contribution >= 0.6 is 0 Å². The summed E-state index contributed by atoms with van der Waals surface area (Å²) in [5.41, 5.74) is 2.23. The van der Waals surface area contributed by atoms with Crippen LogP contribution < -0.4 is 5.90 Å². The summed E-state index contributed by atoms with van der Waals surface area (Å²) in [5, 5.41) is 4.15. The molecule has 0 radical (unpaired) electrons. The Morgan fingerprint density at radius 3 is 2.94 bits per heavy atom. The minimum Gasteiger partial charge on any atom is -0.370 e. The predicted molar refractivity (Wildman–Crippen MR) is 57.9 cm³/mol. The third-order valence-corrected chi connectivity index (χ3v) is 2.17. The van der Waals surface area contributed by atoms with Crippen molar-refractivity contribution in [3.63, 3.8) is 0 Å². The standard InChI is InChI=1S/C11H11N3O2/c1-8-6-13-14(7-8)10-4-2-3-9(5-10)11(15)16-12/h2-7H,12H2,1H3. The van der Waals surface area contributed by atoms with Crippen molar-refractivity contribution in [2.45, 2.75) is 6.92 Å². The van der Waals surface area contributed by atoms with Gasteiger partial charge in [-0.15, -0.1) is 0 Å². The Morgan fingerprint density at radius 1 is 1.50 bits per heavy atom. The molecule has 0 aliphatic carbocycles. The quantitative estimate of drug-likeness (QED) is 0.767. The lowest BCUT2D eigenvalue weighted by atomic mass is 10.2. The number of carbonyl (C=O) groups excluding carboxylic acids is 1. The Kier molecular flexibility index (Phi) is 2.70. The fourth-order valence-electron chi connectivity index (χ4n) is 1.40. The van der Waals surface area contributed by atoms with Gasteiger partial charge in [0, 0.05) is 6.20 Å². The van der Waals surface area contributed by atoms with Gasteiger partial charge in [0.2, 0.25) is 0 Å². The Bertz CT molecular complexity index is 519. The highest BCUT2D eigenvalue weighted by Crippen LogP contribution is 2.11. The van der Waals surface area contributed by atoms with E-state index in [4.69, 9.17) is 5.90 Å². The van der Waals surface area contributed by atoms with E-state index in [0.717, 1.165) is 11.3 Å². The second-order valence-electron chi connectivity index (χ2n) is 3.42. The van der Waals surface area contributed by atoms with E-state index in [9.17, 15) is 4.79 Å². The summed E-state index contributed by atoms with van der Waals surface area (Å²) in [4.78, 5) is 15.4. The molecule has 5 heteroatoms. The molecule has 0 spiro atoms. The lowest BCUT2D eigenvalue weighted by Crippen LogP contribution is -2.10. The number of nitrogens with zero attached hydrogens (tertiary/aromatic N) is 2. The van der Waals surface area contributed by atoms with Crippen molar-refractivity contribution >= 4 is 5.97 Å². The molecule has 82 valence electrons. The van der Waals surface area contributed by atoms with Crippen molar-refractivity contribution < 1.29 is 9.63 Å². The van der Waals surface area contributed by atoms with E-state index in [1.807, 2.05) is 19.2 Å². The SMILES string of the molecule is Cc1cnn(-c2cccc(C(=O)ON)c2)c1. The summed E-state index contributed by atoms with van der Waals surface area (Å²) in [6, 6.07) is 6.90. The molecule has 1 heterocycles. The highest BCUT2D eigenvalue weighted by atomic mass is 16.7. The van der Waals surface area contributed by atoms with Crippen LogP contribution in [0.1, 0.15) is 15.9 Å². The molecule has 0 amide bonds. The lowest BCUT2D eigenvalue weighted by Gasteiger charge is -2.03. The zero-order chi connectivity index (χ0) is 11.5. The van der Waals surface area contributed by atoms with Gasteiger partial charge in [-0.1, -0.05) is 6.07 Å². The molecular formula is C11H11N3O2. The van der Waals surface area contributed by atoms with Crippen molar-refractivity contribution in [2.75, 3.05) is 0 Å². The molecule has 16 heavy (non-hydrogen) atoms. The zero-order valence-corrected chi connectivity index (χ0v) is 8.75. The minimum atomic E-state index is -0.564. The van der Waals surface area contributed by atoms with Crippen LogP contribution in [0, 0.1) is 6.92 Å². The second-order valence-corrected chi connectivity index (χ2v) is 3.42. The van der Waals surface area contributed by atoms with E-state index in [-0.39, 0.29) is 0 Å². The third kappa shape index (κ3) is 1.94. The molecule has 0 aliphatic heterocycles. The summed E-state index contributed by atoms with van der Waals surface area (Å²) >= 11 is 0. The van der Waals surface area contributed by atoms with Crippen molar-refractivity contribution in [2.24, 2.45) is 5.90 Å². The molecule has 2 rings (SSSR count). The average molecular weight is 217 g/mol. The van der Waals surface area contributed by atoms with Gasteiger partial charge in [0.05, 0.1) is 17.4 Å². The third-order valence-electron chi connectivity index (χ3n) is 2.17. The number of hydrogen-bond acceptors (Lipinski definition) is 4. The predicted octanol–water partition coefficient (Wildman–Crippen LogP) is 1.21. The van der Waals surface area contributed by atoms with Crippen molar-refractivity contribution in [1.82, 2.24) is 9.78 Å². The van der Waals surface area contributed by atoms with E-state index in [1.54, 1.807) is 29.1 Å². The summed E-state index contributed by atoms with van der Waals surface area (Å²) in [5.74, 6) is 4.26. The van der Waals surface area contributed by atoms with Crippen LogP contribution in [0.4, 0.5) is 0 Å². The first-order chi connectivity index (χ1) is 7.70. The van der Waals surface area contributed by atoms with Crippen molar-refractivity contribution in [3.8, 4) is 5.69 Å². The molecule has 2 aromatic rings. The first-order valence-corrected chi connectivity index (χ1v) is 4.73. The topological polar surface area (TPSA) is 70.1 Å². The Morgan fingerprint density at radius 2 is 2.31 bits per heavy atom. The molecule has 0 fully saturated rings. The van der Waals surface area contributed by atoms with Crippen LogP contribution in [0.15, 0.2) is 36.7 Å². The maximum atomic E-state index is 11.2. The molecular weight excluding hydrogens is 206 g/mol. The van der Waals surface area contributed by atoms with Crippen molar-refractivity contribution in [1.29, 1.82) is 0 Å². The van der Waals surface area contributed by atoms with Gasteiger partial charge in [-0.2, -0.15) is 11.0 Å². The molecule has 0 saturated carbocycles. The largest absolute Gasteiger partial charge is 0.370 e. The zero-order valence-electron chi connectivity index (χ0n) is 8.75. The van der Waals surface area contributed by atoms with Gasteiger partial charge >= 0.3 is 5.97 Å². The lowest BCUT2D eigenvalue weighted by molar-refractivity contribution is 0.0503. The molecule has 0 aliphatic rings. The maximum Gasteiger partial charge on any atom is 0.356 e. The van der Waals surface area contributed by atoms with Gasteiger partial charge < -0.3 is 4.84 Å². The van der Waals surface area contributed by atoms with E-state index in [2.05, 4.69) is 9.94 Å². The Labute approximate surface area is 92.4 Å². The van der Waals surface area contributed by atoms with Gasteiger partial charge in [-0.3, -0.25) is 0 Å². The fraction of sp³-hybridized carbons (Fsp3) is 0.0909. The van der Waals surface area contributed by atoms with E-state index in [1.165, 1.54) is 0 Å². The molecule has 0 saturated heterocycles. The molecule has 1 aromatic carbocycles. The normalized spacial score (nSPS) is 10.1. The van der Waals surface area contributed by atoms with Gasteiger partial charge in [0.15, 0.2) is 0 Å². The summed E-state index contributed by atoms with van der Waals surface area (Å²) in [7, 11) is 0. The molecule has 2 N–H and O–H groups in total. The van der Waals surface area contributed by atoms with E-state index >= 15 is 0 Å².